The first-order valence-corrected chi connectivity index (χ1v) is 8.81. The van der Waals surface area contributed by atoms with Crippen molar-refractivity contribution in [3.8, 4) is 16.9 Å². The molecule has 1 fully saturated rings. The van der Waals surface area contributed by atoms with Crippen LogP contribution in [0.5, 0.6) is 5.75 Å². The zero-order valence-electron chi connectivity index (χ0n) is 14.6. The fraction of sp³-hybridized carbons (Fsp3) is 0.350. The fourth-order valence-corrected chi connectivity index (χ4v) is 3.46. The summed E-state index contributed by atoms with van der Waals surface area (Å²) in [4.78, 5) is 7.42. The number of hydrogen-bond donors (Lipinski definition) is 2. The molecule has 136 valence electrons. The molecule has 3 aromatic rings. The molecule has 0 spiro atoms. The van der Waals surface area contributed by atoms with E-state index in [0.717, 1.165) is 42.9 Å². The molecule has 1 aliphatic heterocycles. The SMILES string of the molecule is CC1(COc2ccnc3[nH]cc(-c4ccc(F)c(F)c4)c23)CCNCC1. The van der Waals surface area contributed by atoms with Crippen LogP contribution in [0.25, 0.3) is 22.2 Å². The van der Waals surface area contributed by atoms with Gasteiger partial charge in [0.2, 0.25) is 0 Å². The Balaban J connectivity index is 1.69. The molecule has 0 saturated carbocycles. The van der Waals surface area contributed by atoms with Gasteiger partial charge in [0, 0.05) is 23.4 Å². The van der Waals surface area contributed by atoms with Crippen LogP contribution in [-0.4, -0.2) is 29.7 Å². The topological polar surface area (TPSA) is 49.9 Å². The zero-order chi connectivity index (χ0) is 18.1. The van der Waals surface area contributed by atoms with E-state index in [-0.39, 0.29) is 5.41 Å². The zero-order valence-corrected chi connectivity index (χ0v) is 14.6. The van der Waals surface area contributed by atoms with Crippen LogP contribution < -0.4 is 10.1 Å². The van der Waals surface area contributed by atoms with Crippen molar-refractivity contribution in [2.75, 3.05) is 19.7 Å². The largest absolute Gasteiger partial charge is 0.492 e. The molecule has 0 amide bonds. The molecule has 3 heterocycles. The van der Waals surface area contributed by atoms with Crippen molar-refractivity contribution in [2.24, 2.45) is 5.41 Å². The lowest BCUT2D eigenvalue weighted by Gasteiger charge is -2.33. The summed E-state index contributed by atoms with van der Waals surface area (Å²) in [6.07, 6.45) is 5.56. The van der Waals surface area contributed by atoms with Crippen LogP contribution in [0, 0.1) is 17.0 Å². The average molecular weight is 357 g/mol. The van der Waals surface area contributed by atoms with Gasteiger partial charge in [0.1, 0.15) is 11.4 Å². The predicted octanol–water partition coefficient (Wildman–Crippen LogP) is 4.28. The number of benzene rings is 1. The summed E-state index contributed by atoms with van der Waals surface area (Å²) in [5, 5.41) is 4.16. The first-order chi connectivity index (χ1) is 12.6. The smallest absolute Gasteiger partial charge is 0.159 e. The first kappa shape index (κ1) is 17.0. The molecule has 1 aromatic carbocycles. The van der Waals surface area contributed by atoms with Crippen molar-refractivity contribution in [1.29, 1.82) is 0 Å². The van der Waals surface area contributed by atoms with Gasteiger partial charge in [-0.2, -0.15) is 0 Å². The van der Waals surface area contributed by atoms with Crippen LogP contribution in [0.15, 0.2) is 36.7 Å². The van der Waals surface area contributed by atoms with E-state index < -0.39 is 11.6 Å². The molecule has 0 bridgehead atoms. The van der Waals surface area contributed by atoms with Gasteiger partial charge in [-0.15, -0.1) is 0 Å². The molecule has 0 unspecified atom stereocenters. The molecular formula is C20H21F2N3O. The highest BCUT2D eigenvalue weighted by Crippen LogP contribution is 2.36. The summed E-state index contributed by atoms with van der Waals surface area (Å²) in [6, 6.07) is 5.72. The lowest BCUT2D eigenvalue weighted by molar-refractivity contribution is 0.124. The second kappa shape index (κ2) is 6.68. The van der Waals surface area contributed by atoms with Crippen molar-refractivity contribution in [2.45, 2.75) is 19.8 Å². The summed E-state index contributed by atoms with van der Waals surface area (Å²) in [6.45, 7) is 4.83. The monoisotopic (exact) mass is 357 g/mol. The number of fused-ring (bicyclic) bond motifs is 1. The Labute approximate surface area is 150 Å². The number of nitrogens with zero attached hydrogens (tertiary/aromatic N) is 1. The number of piperidine rings is 1. The summed E-state index contributed by atoms with van der Waals surface area (Å²) in [5.41, 5.74) is 2.12. The number of H-pyrrole nitrogens is 1. The quantitative estimate of drug-likeness (QED) is 0.733. The molecule has 26 heavy (non-hydrogen) atoms. The standard InChI is InChI=1S/C20H21F2N3O/c1-20(5-8-23-9-6-20)12-26-17-4-7-24-19-18(17)14(11-25-19)13-2-3-15(21)16(22)10-13/h2-4,7,10-11,23H,5-6,8-9,12H2,1H3,(H,24,25). The van der Waals surface area contributed by atoms with Gasteiger partial charge in [-0.25, -0.2) is 13.8 Å². The molecule has 0 atom stereocenters. The maximum atomic E-state index is 13.7. The number of ether oxygens (including phenoxy) is 1. The van der Waals surface area contributed by atoms with E-state index in [1.165, 1.54) is 6.07 Å². The molecule has 0 aliphatic carbocycles. The van der Waals surface area contributed by atoms with E-state index in [9.17, 15) is 8.78 Å². The number of hydrogen-bond acceptors (Lipinski definition) is 3. The third-order valence-electron chi connectivity index (χ3n) is 5.15. The maximum absolute atomic E-state index is 13.7. The molecule has 4 nitrogen and oxygen atoms in total. The van der Waals surface area contributed by atoms with E-state index in [4.69, 9.17) is 4.74 Å². The van der Waals surface area contributed by atoms with Gasteiger partial charge in [-0.3, -0.25) is 0 Å². The Morgan fingerprint density at radius 2 is 1.96 bits per heavy atom. The van der Waals surface area contributed by atoms with Crippen molar-refractivity contribution < 1.29 is 13.5 Å². The van der Waals surface area contributed by atoms with E-state index in [2.05, 4.69) is 22.2 Å². The first-order valence-electron chi connectivity index (χ1n) is 8.81. The summed E-state index contributed by atoms with van der Waals surface area (Å²) < 4.78 is 33.1. The molecule has 2 aromatic heterocycles. The van der Waals surface area contributed by atoms with Crippen LogP contribution >= 0.6 is 0 Å². The van der Waals surface area contributed by atoms with Gasteiger partial charge in [-0.05, 0) is 49.7 Å². The molecule has 1 saturated heterocycles. The molecule has 6 heteroatoms. The summed E-state index contributed by atoms with van der Waals surface area (Å²) in [7, 11) is 0. The number of pyridine rings is 1. The third kappa shape index (κ3) is 3.17. The van der Waals surface area contributed by atoms with Crippen LogP contribution in [0.3, 0.4) is 0 Å². The highest BCUT2D eigenvalue weighted by Gasteiger charge is 2.28. The van der Waals surface area contributed by atoms with Crippen LogP contribution in [0.4, 0.5) is 8.78 Å². The van der Waals surface area contributed by atoms with Crippen molar-refractivity contribution in [3.63, 3.8) is 0 Å². The maximum Gasteiger partial charge on any atom is 0.159 e. The number of aromatic amines is 1. The number of halogens is 2. The highest BCUT2D eigenvalue weighted by molar-refractivity contribution is 5.98. The van der Waals surface area contributed by atoms with Gasteiger partial charge in [0.25, 0.3) is 0 Å². The lowest BCUT2D eigenvalue weighted by Crippen LogP contribution is -2.38. The molecule has 1 aliphatic rings. The normalized spacial score (nSPS) is 16.7. The fourth-order valence-electron chi connectivity index (χ4n) is 3.46. The Bertz CT molecular complexity index is 932. The average Bonchev–Trinajstić information content (AvgIpc) is 3.08. The van der Waals surface area contributed by atoms with Gasteiger partial charge >= 0.3 is 0 Å². The van der Waals surface area contributed by atoms with E-state index >= 15 is 0 Å². The second-order valence-corrected chi connectivity index (χ2v) is 7.21. The predicted molar refractivity (Wildman–Crippen MR) is 97.2 cm³/mol. The Hall–Kier alpha value is -2.47. The van der Waals surface area contributed by atoms with E-state index in [0.29, 0.717) is 23.6 Å². The minimum Gasteiger partial charge on any atom is -0.492 e. The van der Waals surface area contributed by atoms with Gasteiger partial charge in [-0.1, -0.05) is 13.0 Å². The summed E-state index contributed by atoms with van der Waals surface area (Å²) >= 11 is 0. The van der Waals surface area contributed by atoms with Crippen LogP contribution in [0.2, 0.25) is 0 Å². The number of rotatable bonds is 4. The third-order valence-corrected chi connectivity index (χ3v) is 5.15. The second-order valence-electron chi connectivity index (χ2n) is 7.21. The van der Waals surface area contributed by atoms with E-state index in [1.54, 1.807) is 18.5 Å². The van der Waals surface area contributed by atoms with Crippen molar-refractivity contribution in [3.05, 3.63) is 48.3 Å². The lowest BCUT2D eigenvalue weighted by atomic mass is 9.82. The minimum atomic E-state index is -0.870. The molecular weight excluding hydrogens is 336 g/mol. The number of nitrogens with one attached hydrogen (secondary N) is 2. The molecule has 4 rings (SSSR count). The van der Waals surface area contributed by atoms with Crippen molar-refractivity contribution in [1.82, 2.24) is 15.3 Å². The molecule has 0 radical (unpaired) electrons. The van der Waals surface area contributed by atoms with Crippen molar-refractivity contribution >= 4 is 11.0 Å². The minimum absolute atomic E-state index is 0.124. The van der Waals surface area contributed by atoms with Gasteiger partial charge in [0.15, 0.2) is 11.6 Å². The Kier molecular flexibility index (Phi) is 4.36. The van der Waals surface area contributed by atoms with E-state index in [1.807, 2.05) is 6.07 Å². The van der Waals surface area contributed by atoms with Gasteiger partial charge < -0.3 is 15.0 Å². The molecule has 2 N–H and O–H groups in total. The highest BCUT2D eigenvalue weighted by atomic mass is 19.2. The van der Waals surface area contributed by atoms with Crippen LogP contribution in [-0.2, 0) is 0 Å². The number of aromatic nitrogens is 2. The Morgan fingerprint density at radius 1 is 1.15 bits per heavy atom. The van der Waals surface area contributed by atoms with Crippen LogP contribution in [0.1, 0.15) is 19.8 Å². The van der Waals surface area contributed by atoms with Gasteiger partial charge in [0.05, 0.1) is 12.0 Å². The Morgan fingerprint density at radius 3 is 2.73 bits per heavy atom. The summed E-state index contributed by atoms with van der Waals surface area (Å²) in [5.74, 6) is -1.02.